The minimum Gasteiger partial charge on any atom is -0.379 e. The van der Waals surface area contributed by atoms with Crippen LogP contribution in [0.2, 0.25) is 0 Å². The second kappa shape index (κ2) is 7.85. The standard InChI is InChI=1S/C16H22N6O/c1-13-4-2-3-5-14(13)19-16-20-15(12-18-21-16)17-6-7-22-8-10-23-11-9-22/h2-5,12H,6-11H2,1H3,(H2,17,19,20,21). The molecule has 0 radical (unpaired) electrons. The molecular weight excluding hydrogens is 292 g/mol. The zero-order valence-corrected chi connectivity index (χ0v) is 13.3. The number of anilines is 3. The maximum atomic E-state index is 5.35. The van der Waals surface area contributed by atoms with Gasteiger partial charge in [-0.1, -0.05) is 18.2 Å². The van der Waals surface area contributed by atoms with Crippen molar-refractivity contribution >= 4 is 17.5 Å². The van der Waals surface area contributed by atoms with Crippen LogP contribution in [0.4, 0.5) is 17.5 Å². The topological polar surface area (TPSA) is 75.2 Å². The van der Waals surface area contributed by atoms with Gasteiger partial charge in [-0.05, 0) is 18.6 Å². The van der Waals surface area contributed by atoms with Crippen molar-refractivity contribution in [3.05, 3.63) is 36.0 Å². The zero-order chi connectivity index (χ0) is 15.9. The Kier molecular flexibility index (Phi) is 5.33. The van der Waals surface area contributed by atoms with Crippen LogP contribution in [-0.2, 0) is 4.74 Å². The summed E-state index contributed by atoms with van der Waals surface area (Å²) in [5.74, 6) is 1.22. The summed E-state index contributed by atoms with van der Waals surface area (Å²) in [6, 6.07) is 8.02. The molecule has 7 nitrogen and oxygen atoms in total. The molecule has 2 aromatic rings. The van der Waals surface area contributed by atoms with E-state index in [0.29, 0.717) is 5.95 Å². The van der Waals surface area contributed by atoms with Gasteiger partial charge in [0.1, 0.15) is 0 Å². The van der Waals surface area contributed by atoms with Crippen LogP contribution in [0.1, 0.15) is 5.56 Å². The van der Waals surface area contributed by atoms with E-state index in [-0.39, 0.29) is 0 Å². The molecule has 2 N–H and O–H groups in total. The number of hydrogen-bond acceptors (Lipinski definition) is 7. The van der Waals surface area contributed by atoms with Crippen molar-refractivity contribution < 1.29 is 4.74 Å². The summed E-state index contributed by atoms with van der Waals surface area (Å²) >= 11 is 0. The van der Waals surface area contributed by atoms with E-state index in [1.165, 1.54) is 0 Å². The van der Waals surface area contributed by atoms with Gasteiger partial charge < -0.3 is 15.4 Å². The van der Waals surface area contributed by atoms with Crippen LogP contribution in [0.3, 0.4) is 0 Å². The number of nitrogens with zero attached hydrogens (tertiary/aromatic N) is 4. The van der Waals surface area contributed by atoms with Gasteiger partial charge in [-0.2, -0.15) is 10.1 Å². The van der Waals surface area contributed by atoms with Gasteiger partial charge in [-0.3, -0.25) is 4.90 Å². The second-order valence-electron chi connectivity index (χ2n) is 5.49. The van der Waals surface area contributed by atoms with Gasteiger partial charge in [-0.25, -0.2) is 0 Å². The highest BCUT2D eigenvalue weighted by Gasteiger charge is 2.09. The van der Waals surface area contributed by atoms with Crippen LogP contribution in [0.15, 0.2) is 30.5 Å². The van der Waals surface area contributed by atoms with Gasteiger partial charge in [0.25, 0.3) is 0 Å². The number of hydrogen-bond donors (Lipinski definition) is 2. The predicted octanol–water partition coefficient (Wildman–Crippen LogP) is 1.67. The quantitative estimate of drug-likeness (QED) is 0.840. The van der Waals surface area contributed by atoms with Crippen LogP contribution in [0.5, 0.6) is 0 Å². The molecule has 2 heterocycles. The summed E-state index contributed by atoms with van der Waals surface area (Å²) in [6.07, 6.45) is 1.64. The average molecular weight is 314 g/mol. The molecule has 0 aliphatic carbocycles. The molecular formula is C16H22N6O. The summed E-state index contributed by atoms with van der Waals surface area (Å²) in [7, 11) is 0. The molecule has 3 rings (SSSR count). The van der Waals surface area contributed by atoms with Crippen molar-refractivity contribution in [2.75, 3.05) is 50.0 Å². The Morgan fingerprint density at radius 3 is 2.87 bits per heavy atom. The minimum atomic E-state index is 0.496. The number of rotatable bonds is 6. The Hall–Kier alpha value is -2.25. The van der Waals surface area contributed by atoms with Gasteiger partial charge >= 0.3 is 0 Å². The van der Waals surface area contributed by atoms with Crippen molar-refractivity contribution in [2.45, 2.75) is 6.92 Å². The SMILES string of the molecule is Cc1ccccc1Nc1nncc(NCCN2CCOCC2)n1. The lowest BCUT2D eigenvalue weighted by molar-refractivity contribution is 0.0398. The first-order valence-electron chi connectivity index (χ1n) is 7.87. The Bertz CT molecular complexity index is 629. The van der Waals surface area contributed by atoms with E-state index in [4.69, 9.17) is 4.74 Å². The Morgan fingerprint density at radius 1 is 1.22 bits per heavy atom. The van der Waals surface area contributed by atoms with Crippen LogP contribution >= 0.6 is 0 Å². The van der Waals surface area contributed by atoms with Crippen molar-refractivity contribution in [1.29, 1.82) is 0 Å². The molecule has 7 heteroatoms. The number of ether oxygens (including phenoxy) is 1. The lowest BCUT2D eigenvalue weighted by Crippen LogP contribution is -2.39. The first kappa shape index (κ1) is 15.6. The summed E-state index contributed by atoms with van der Waals surface area (Å²) in [6.45, 7) is 7.45. The Balaban J connectivity index is 1.53. The molecule has 0 spiro atoms. The average Bonchev–Trinajstić information content (AvgIpc) is 2.58. The highest BCUT2D eigenvalue weighted by molar-refractivity contribution is 5.58. The van der Waals surface area contributed by atoms with Gasteiger partial charge in [0.2, 0.25) is 5.95 Å². The molecule has 23 heavy (non-hydrogen) atoms. The van der Waals surface area contributed by atoms with Gasteiger partial charge in [0.05, 0.1) is 19.4 Å². The fraction of sp³-hybridized carbons (Fsp3) is 0.438. The van der Waals surface area contributed by atoms with Gasteiger partial charge in [-0.15, -0.1) is 5.10 Å². The molecule has 1 aliphatic heterocycles. The van der Waals surface area contributed by atoms with Crippen molar-refractivity contribution in [3.8, 4) is 0 Å². The number of morpholine rings is 1. The largest absolute Gasteiger partial charge is 0.379 e. The third-order valence-electron chi connectivity index (χ3n) is 3.79. The number of aromatic nitrogens is 3. The lowest BCUT2D eigenvalue weighted by atomic mass is 10.2. The number of benzene rings is 1. The van der Waals surface area contributed by atoms with E-state index in [9.17, 15) is 0 Å². The fourth-order valence-corrected chi connectivity index (χ4v) is 2.44. The summed E-state index contributed by atoms with van der Waals surface area (Å²) in [5, 5.41) is 14.5. The second-order valence-corrected chi connectivity index (χ2v) is 5.49. The van der Waals surface area contributed by atoms with Crippen LogP contribution in [0.25, 0.3) is 0 Å². The monoisotopic (exact) mass is 314 g/mol. The summed E-state index contributed by atoms with van der Waals surface area (Å²) < 4.78 is 5.35. The molecule has 1 fully saturated rings. The third-order valence-corrected chi connectivity index (χ3v) is 3.79. The molecule has 0 saturated carbocycles. The minimum absolute atomic E-state index is 0.496. The highest BCUT2D eigenvalue weighted by atomic mass is 16.5. The molecule has 0 bridgehead atoms. The fourth-order valence-electron chi connectivity index (χ4n) is 2.44. The molecule has 1 aromatic carbocycles. The lowest BCUT2D eigenvalue weighted by Gasteiger charge is -2.26. The van der Waals surface area contributed by atoms with E-state index in [1.807, 2.05) is 31.2 Å². The van der Waals surface area contributed by atoms with Crippen LogP contribution in [0, 0.1) is 6.92 Å². The maximum Gasteiger partial charge on any atom is 0.249 e. The Morgan fingerprint density at radius 2 is 2.04 bits per heavy atom. The summed E-state index contributed by atoms with van der Waals surface area (Å²) in [5.41, 5.74) is 2.13. The van der Waals surface area contributed by atoms with Crippen LogP contribution < -0.4 is 10.6 Å². The molecule has 1 saturated heterocycles. The smallest absolute Gasteiger partial charge is 0.249 e. The summed E-state index contributed by atoms with van der Waals surface area (Å²) in [4.78, 5) is 6.83. The highest BCUT2D eigenvalue weighted by Crippen LogP contribution is 2.17. The molecule has 122 valence electrons. The normalized spacial score (nSPS) is 15.3. The van der Waals surface area contributed by atoms with Crippen molar-refractivity contribution in [3.63, 3.8) is 0 Å². The van der Waals surface area contributed by atoms with E-state index >= 15 is 0 Å². The molecule has 1 aliphatic rings. The van der Waals surface area contributed by atoms with E-state index in [1.54, 1.807) is 6.20 Å². The van der Waals surface area contributed by atoms with Gasteiger partial charge in [0.15, 0.2) is 5.82 Å². The maximum absolute atomic E-state index is 5.35. The van der Waals surface area contributed by atoms with Crippen molar-refractivity contribution in [1.82, 2.24) is 20.1 Å². The molecule has 0 amide bonds. The van der Waals surface area contributed by atoms with E-state index in [0.717, 1.165) is 56.5 Å². The van der Waals surface area contributed by atoms with Gasteiger partial charge in [0, 0.05) is 31.9 Å². The molecule has 0 unspecified atom stereocenters. The molecule has 1 aromatic heterocycles. The predicted molar refractivity (Wildman–Crippen MR) is 90.0 cm³/mol. The number of nitrogens with one attached hydrogen (secondary N) is 2. The first-order chi connectivity index (χ1) is 11.3. The number of para-hydroxylation sites is 1. The molecule has 0 atom stereocenters. The van der Waals surface area contributed by atoms with Crippen LogP contribution in [-0.4, -0.2) is 59.5 Å². The number of aryl methyl sites for hydroxylation is 1. The zero-order valence-electron chi connectivity index (χ0n) is 13.3. The first-order valence-corrected chi connectivity index (χ1v) is 7.87. The third kappa shape index (κ3) is 4.61. The van der Waals surface area contributed by atoms with E-state index < -0.39 is 0 Å². The van der Waals surface area contributed by atoms with Crippen molar-refractivity contribution in [2.24, 2.45) is 0 Å². The Labute approximate surface area is 136 Å². The van der Waals surface area contributed by atoms with E-state index in [2.05, 4.69) is 30.7 Å².